The van der Waals surface area contributed by atoms with Crippen molar-refractivity contribution in [3.8, 4) is 0 Å². The van der Waals surface area contributed by atoms with E-state index in [0.29, 0.717) is 25.9 Å². The van der Waals surface area contributed by atoms with E-state index in [4.69, 9.17) is 5.11 Å². The molecule has 2 N–H and O–H groups in total. The Bertz CT molecular complexity index is 525. The second-order valence-electron chi connectivity index (χ2n) is 4.99. The Balaban J connectivity index is 1.94. The summed E-state index contributed by atoms with van der Waals surface area (Å²) in [5, 5.41) is 11.8. The number of carbonyl (C=O) groups is 2. The Morgan fingerprint density at radius 1 is 1.35 bits per heavy atom. The number of nitrogens with one attached hydrogen (secondary N) is 1. The predicted molar refractivity (Wildman–Crippen MR) is 84.8 cm³/mol. The molecule has 2 rings (SSSR count). The van der Waals surface area contributed by atoms with E-state index in [0.717, 1.165) is 14.8 Å². The zero-order valence-corrected chi connectivity index (χ0v) is 13.4. The van der Waals surface area contributed by atoms with Crippen LogP contribution in [0.3, 0.4) is 0 Å². The molecule has 1 aromatic carbocycles. The highest BCUT2D eigenvalue weighted by Crippen LogP contribution is 2.21. The topological polar surface area (TPSA) is 69.6 Å². The molecule has 2 amide bonds. The number of nitrogens with zero attached hydrogens (tertiary/aromatic N) is 1. The Morgan fingerprint density at radius 2 is 2.00 bits per heavy atom. The first-order chi connectivity index (χ1) is 9.47. The highest BCUT2D eigenvalue weighted by Gasteiger charge is 2.27. The number of rotatable bonds is 2. The molecular formula is C14H17IN2O3. The zero-order valence-electron chi connectivity index (χ0n) is 11.2. The summed E-state index contributed by atoms with van der Waals surface area (Å²) in [6.07, 6.45) is 1.04. The molecule has 1 aromatic rings. The minimum atomic E-state index is -0.765. The van der Waals surface area contributed by atoms with Gasteiger partial charge in [-0.2, -0.15) is 0 Å². The Labute approximate surface area is 131 Å². The first-order valence-electron chi connectivity index (χ1n) is 6.52. The summed E-state index contributed by atoms with van der Waals surface area (Å²) in [4.78, 5) is 24.7. The van der Waals surface area contributed by atoms with Crippen LogP contribution in [0.5, 0.6) is 0 Å². The van der Waals surface area contributed by atoms with Gasteiger partial charge in [0.25, 0.3) is 0 Å². The molecular weight excluding hydrogens is 371 g/mol. The van der Waals surface area contributed by atoms with Gasteiger partial charge in [-0.25, -0.2) is 4.79 Å². The monoisotopic (exact) mass is 388 g/mol. The van der Waals surface area contributed by atoms with E-state index in [1.165, 1.54) is 0 Å². The standard InChI is InChI=1S/C14H17IN2O3/c1-9-8-11(15)2-3-12(9)16-14(20)17-6-4-10(5-7-17)13(18)19/h2-3,8,10H,4-7H2,1H3,(H,16,20)(H,18,19). The molecule has 0 bridgehead atoms. The summed E-state index contributed by atoms with van der Waals surface area (Å²) in [5.41, 5.74) is 1.82. The number of likely N-dealkylation sites (tertiary alicyclic amines) is 1. The first kappa shape index (κ1) is 15.1. The Morgan fingerprint density at radius 3 is 2.55 bits per heavy atom. The number of carboxylic acid groups (broad SMARTS) is 1. The van der Waals surface area contributed by atoms with Crippen molar-refractivity contribution in [1.29, 1.82) is 0 Å². The fourth-order valence-electron chi connectivity index (χ4n) is 2.29. The van der Waals surface area contributed by atoms with Crippen molar-refractivity contribution < 1.29 is 14.7 Å². The fraction of sp³-hybridized carbons (Fsp3) is 0.429. The zero-order chi connectivity index (χ0) is 14.7. The maximum atomic E-state index is 12.1. The van der Waals surface area contributed by atoms with E-state index in [1.54, 1.807) is 4.90 Å². The van der Waals surface area contributed by atoms with Gasteiger partial charge in [0.05, 0.1) is 5.92 Å². The van der Waals surface area contributed by atoms with Gasteiger partial charge >= 0.3 is 12.0 Å². The van der Waals surface area contributed by atoms with E-state index in [-0.39, 0.29) is 11.9 Å². The molecule has 1 aliphatic heterocycles. The molecule has 0 unspecified atom stereocenters. The number of urea groups is 1. The number of halogens is 1. The minimum absolute atomic E-state index is 0.154. The van der Waals surface area contributed by atoms with E-state index in [1.807, 2.05) is 25.1 Å². The largest absolute Gasteiger partial charge is 0.481 e. The normalized spacial score (nSPS) is 16.0. The fourth-order valence-corrected chi connectivity index (χ4v) is 2.94. The number of hydrogen-bond acceptors (Lipinski definition) is 2. The summed E-state index contributed by atoms with van der Waals surface area (Å²) >= 11 is 2.23. The van der Waals surface area contributed by atoms with Gasteiger partial charge < -0.3 is 15.3 Å². The molecule has 20 heavy (non-hydrogen) atoms. The van der Waals surface area contributed by atoms with Crippen LogP contribution in [-0.2, 0) is 4.79 Å². The molecule has 0 aromatic heterocycles. The van der Waals surface area contributed by atoms with Crippen molar-refractivity contribution in [1.82, 2.24) is 4.90 Å². The third-order valence-electron chi connectivity index (χ3n) is 3.56. The van der Waals surface area contributed by atoms with E-state index in [9.17, 15) is 9.59 Å². The lowest BCUT2D eigenvalue weighted by Gasteiger charge is -2.30. The van der Waals surface area contributed by atoms with Crippen molar-refractivity contribution >= 4 is 40.3 Å². The van der Waals surface area contributed by atoms with Crippen molar-refractivity contribution in [3.05, 3.63) is 27.3 Å². The Kier molecular flexibility index (Phi) is 4.85. The number of benzene rings is 1. The summed E-state index contributed by atoms with van der Waals surface area (Å²) in [7, 11) is 0. The number of carboxylic acids is 1. The number of amides is 2. The average Bonchev–Trinajstić information content (AvgIpc) is 2.42. The number of aryl methyl sites for hydroxylation is 1. The molecule has 1 heterocycles. The molecule has 108 valence electrons. The molecule has 0 radical (unpaired) electrons. The van der Waals surface area contributed by atoms with Gasteiger partial charge in [0, 0.05) is 22.3 Å². The lowest BCUT2D eigenvalue weighted by Crippen LogP contribution is -2.42. The molecule has 0 atom stereocenters. The third kappa shape index (κ3) is 3.62. The van der Waals surface area contributed by atoms with Crippen molar-refractivity contribution in [2.45, 2.75) is 19.8 Å². The van der Waals surface area contributed by atoms with Crippen LogP contribution >= 0.6 is 22.6 Å². The molecule has 5 nitrogen and oxygen atoms in total. The third-order valence-corrected chi connectivity index (χ3v) is 4.23. The first-order valence-corrected chi connectivity index (χ1v) is 7.60. The van der Waals surface area contributed by atoms with Crippen LogP contribution in [0.15, 0.2) is 18.2 Å². The summed E-state index contributed by atoms with van der Waals surface area (Å²) in [6.45, 7) is 2.94. The number of aliphatic carboxylic acids is 1. The number of anilines is 1. The van der Waals surface area contributed by atoms with Gasteiger partial charge in [0.2, 0.25) is 0 Å². The molecule has 0 spiro atoms. The molecule has 1 saturated heterocycles. The summed E-state index contributed by atoms with van der Waals surface area (Å²) < 4.78 is 1.13. The van der Waals surface area contributed by atoms with Crippen molar-refractivity contribution in [2.24, 2.45) is 5.92 Å². The van der Waals surface area contributed by atoms with Gasteiger partial charge in [-0.15, -0.1) is 0 Å². The van der Waals surface area contributed by atoms with Crippen LogP contribution in [0.2, 0.25) is 0 Å². The van der Waals surface area contributed by atoms with Crippen LogP contribution < -0.4 is 5.32 Å². The second-order valence-corrected chi connectivity index (χ2v) is 6.23. The average molecular weight is 388 g/mol. The van der Waals surface area contributed by atoms with Gasteiger partial charge in [0.1, 0.15) is 0 Å². The number of piperidine rings is 1. The highest BCUT2D eigenvalue weighted by molar-refractivity contribution is 14.1. The second kappa shape index (κ2) is 6.43. The minimum Gasteiger partial charge on any atom is -0.481 e. The molecule has 1 aliphatic rings. The quantitative estimate of drug-likeness (QED) is 0.766. The van der Waals surface area contributed by atoms with Gasteiger partial charge in [-0.05, 0) is 66.1 Å². The predicted octanol–water partition coefficient (Wildman–Crippen LogP) is 2.93. The molecule has 6 heteroatoms. The Hall–Kier alpha value is -1.31. The van der Waals surface area contributed by atoms with Crippen LogP contribution in [0, 0.1) is 16.4 Å². The van der Waals surface area contributed by atoms with E-state index >= 15 is 0 Å². The molecule has 1 fully saturated rings. The summed E-state index contributed by atoms with van der Waals surface area (Å²) in [5.74, 6) is -1.09. The smallest absolute Gasteiger partial charge is 0.321 e. The number of carbonyl (C=O) groups excluding carboxylic acids is 1. The van der Waals surface area contributed by atoms with Crippen LogP contribution in [0.4, 0.5) is 10.5 Å². The van der Waals surface area contributed by atoms with Crippen molar-refractivity contribution in [3.63, 3.8) is 0 Å². The van der Waals surface area contributed by atoms with Crippen molar-refractivity contribution in [2.75, 3.05) is 18.4 Å². The van der Waals surface area contributed by atoms with Gasteiger partial charge in [-0.3, -0.25) is 4.79 Å². The van der Waals surface area contributed by atoms with Crippen LogP contribution in [0.1, 0.15) is 18.4 Å². The molecule has 0 aliphatic carbocycles. The maximum absolute atomic E-state index is 12.1. The lowest BCUT2D eigenvalue weighted by atomic mass is 9.97. The van der Waals surface area contributed by atoms with Crippen LogP contribution in [-0.4, -0.2) is 35.1 Å². The van der Waals surface area contributed by atoms with E-state index < -0.39 is 5.97 Å². The number of hydrogen-bond donors (Lipinski definition) is 2. The SMILES string of the molecule is Cc1cc(I)ccc1NC(=O)N1CCC(C(=O)O)CC1. The van der Waals surface area contributed by atoms with E-state index in [2.05, 4.69) is 27.9 Å². The maximum Gasteiger partial charge on any atom is 0.321 e. The van der Waals surface area contributed by atoms with Gasteiger partial charge in [-0.1, -0.05) is 0 Å². The lowest BCUT2D eigenvalue weighted by molar-refractivity contribution is -0.143. The summed E-state index contributed by atoms with van der Waals surface area (Å²) in [6, 6.07) is 5.68. The highest BCUT2D eigenvalue weighted by atomic mass is 127. The molecule has 0 saturated carbocycles. The van der Waals surface area contributed by atoms with Gasteiger partial charge in [0.15, 0.2) is 0 Å². The van der Waals surface area contributed by atoms with Crippen LogP contribution in [0.25, 0.3) is 0 Å².